The second-order valence-electron chi connectivity index (χ2n) is 4.83. The van der Waals surface area contributed by atoms with E-state index in [1.165, 1.54) is 5.41 Å². The number of hydrogen-bond acceptors (Lipinski definition) is 5. The van der Waals surface area contributed by atoms with E-state index in [2.05, 4.69) is 0 Å². The van der Waals surface area contributed by atoms with E-state index in [-0.39, 0.29) is 13.2 Å². The van der Waals surface area contributed by atoms with Crippen LogP contribution in [0.25, 0.3) is 5.57 Å². The molecule has 0 saturated heterocycles. The molecule has 0 N–H and O–H groups in total. The summed E-state index contributed by atoms with van der Waals surface area (Å²) in [5, 5.41) is 1.47. The molecule has 120 valence electrons. The van der Waals surface area contributed by atoms with Gasteiger partial charge in [0.25, 0.3) is 0 Å². The highest BCUT2D eigenvalue weighted by atomic mass is 32.2. The lowest BCUT2D eigenvalue weighted by Crippen LogP contribution is -2.16. The molecule has 0 aliphatic carbocycles. The van der Waals surface area contributed by atoms with Crippen LogP contribution in [0.1, 0.15) is 25.0 Å². The summed E-state index contributed by atoms with van der Waals surface area (Å²) in [6.45, 7) is 5.61. The third-order valence-electron chi connectivity index (χ3n) is 3.30. The molecule has 2 unspecified atom stereocenters. The predicted octanol–water partition coefficient (Wildman–Crippen LogP) is 3.29. The fourth-order valence-electron chi connectivity index (χ4n) is 2.39. The van der Waals surface area contributed by atoms with E-state index >= 15 is 0 Å². The van der Waals surface area contributed by atoms with E-state index in [1.807, 2.05) is 19.1 Å². The normalized spacial score (nSPS) is 18.7. The summed E-state index contributed by atoms with van der Waals surface area (Å²) in [4.78, 5) is 12.2. The van der Waals surface area contributed by atoms with Gasteiger partial charge in [0.2, 0.25) is 0 Å². The lowest BCUT2D eigenvalue weighted by atomic mass is 10.0. The highest BCUT2D eigenvalue weighted by molar-refractivity contribution is 7.88. The Morgan fingerprint density at radius 3 is 2.45 bits per heavy atom. The Hall–Kier alpha value is -1.07. The minimum absolute atomic E-state index is 0.165. The Morgan fingerprint density at radius 2 is 1.91 bits per heavy atom. The van der Waals surface area contributed by atoms with Gasteiger partial charge < -0.3 is 13.8 Å². The molecule has 0 spiro atoms. The average Bonchev–Trinajstić information content (AvgIpc) is 2.76. The number of hydrogen-bond donors (Lipinski definition) is 0. The summed E-state index contributed by atoms with van der Waals surface area (Å²) >= 11 is 0. The number of allylic oxidation sites excluding steroid dienone is 1. The van der Waals surface area contributed by atoms with E-state index in [4.69, 9.17) is 9.05 Å². The summed E-state index contributed by atoms with van der Waals surface area (Å²) in [7, 11) is -5.00. The first kappa shape index (κ1) is 17.3. The van der Waals surface area contributed by atoms with Crippen molar-refractivity contribution in [1.82, 2.24) is 0 Å². The smallest absolute Gasteiger partial charge is 0.308 e. The summed E-state index contributed by atoms with van der Waals surface area (Å²) in [6, 6.07) is 5.46. The molecule has 22 heavy (non-hydrogen) atoms. The molecule has 2 atom stereocenters. The van der Waals surface area contributed by atoms with Gasteiger partial charge in [-0.3, -0.25) is 4.57 Å². The second-order valence-corrected chi connectivity index (χ2v) is 8.25. The number of fused-ring (bicyclic) bond motifs is 1. The Bertz CT molecular complexity index is 673. The average molecular weight is 342 g/mol. The number of carbonyl (C=O) groups excluding carboxylic acids is 1. The molecule has 0 radical (unpaired) electrons. The zero-order valence-electron chi connectivity index (χ0n) is 12.8. The van der Waals surface area contributed by atoms with E-state index in [0.717, 1.165) is 5.56 Å². The fourth-order valence-corrected chi connectivity index (χ4v) is 5.54. The van der Waals surface area contributed by atoms with Crippen molar-refractivity contribution in [3.8, 4) is 0 Å². The van der Waals surface area contributed by atoms with Crippen molar-refractivity contribution in [2.45, 2.75) is 31.3 Å². The Kier molecular flexibility index (Phi) is 5.50. The van der Waals surface area contributed by atoms with Crippen LogP contribution in [0.4, 0.5) is 0 Å². The Morgan fingerprint density at radius 1 is 1.27 bits per heavy atom. The second kappa shape index (κ2) is 7.01. The van der Waals surface area contributed by atoms with Crippen LogP contribution in [-0.2, 0) is 29.2 Å². The molecule has 1 aromatic carbocycles. The van der Waals surface area contributed by atoms with Crippen LogP contribution >= 0.6 is 7.60 Å². The van der Waals surface area contributed by atoms with Crippen molar-refractivity contribution in [3.05, 3.63) is 34.7 Å². The quantitative estimate of drug-likeness (QED) is 0.562. The Balaban J connectivity index is 2.52. The van der Waals surface area contributed by atoms with Gasteiger partial charge in [0, 0.05) is 5.41 Å². The number of carbonyl (C=O) groups is 1. The van der Waals surface area contributed by atoms with Crippen molar-refractivity contribution >= 4 is 30.3 Å². The van der Waals surface area contributed by atoms with Crippen LogP contribution in [0.3, 0.4) is 0 Å². The van der Waals surface area contributed by atoms with Gasteiger partial charge in [0.1, 0.15) is 11.9 Å². The molecule has 0 amide bonds. The maximum Gasteiger partial charge on any atom is 0.345 e. The molecule has 5 nitrogen and oxygen atoms in total. The summed E-state index contributed by atoms with van der Waals surface area (Å²) < 4.78 is 35.7. The highest BCUT2D eigenvalue weighted by Crippen LogP contribution is 2.57. The largest absolute Gasteiger partial charge is 0.345 e. The maximum atomic E-state index is 12.9. The van der Waals surface area contributed by atoms with E-state index in [0.29, 0.717) is 22.3 Å². The minimum Gasteiger partial charge on any atom is -0.308 e. The standard InChI is InChI=1S/C15H19O5PS/c1-4-19-21(17,20-5-2)14(9-16)13-10-22(18)15-7-6-11(3)8-12(13)15/h6-10,14H,4-5H2,1-3H3. The molecule has 1 aliphatic rings. The SMILES string of the molecule is CCOP(=O)(OCC)C(C=O)C1=CS(=O)c2ccc(C)cc21. The van der Waals surface area contributed by atoms with Crippen LogP contribution in [0, 0.1) is 6.92 Å². The lowest BCUT2D eigenvalue weighted by molar-refractivity contribution is -0.107. The minimum atomic E-state index is -3.65. The van der Waals surface area contributed by atoms with Gasteiger partial charge in [-0.05, 0) is 38.0 Å². The molecule has 0 bridgehead atoms. The first-order valence-electron chi connectivity index (χ1n) is 7.04. The van der Waals surface area contributed by atoms with Gasteiger partial charge >= 0.3 is 7.60 Å². The van der Waals surface area contributed by atoms with Crippen molar-refractivity contribution < 1.29 is 22.6 Å². The lowest BCUT2D eigenvalue weighted by Gasteiger charge is -2.23. The third kappa shape index (κ3) is 3.15. The van der Waals surface area contributed by atoms with Crippen LogP contribution in [0.2, 0.25) is 0 Å². The molecule has 7 heteroatoms. The molecule has 0 fully saturated rings. The molecule has 1 aromatic rings. The van der Waals surface area contributed by atoms with Crippen LogP contribution in [0.15, 0.2) is 28.5 Å². The molecule has 0 saturated carbocycles. The van der Waals surface area contributed by atoms with Crippen LogP contribution < -0.4 is 0 Å². The zero-order chi connectivity index (χ0) is 16.3. The van der Waals surface area contributed by atoms with Gasteiger partial charge in [0.05, 0.1) is 28.9 Å². The summed E-state index contributed by atoms with van der Waals surface area (Å²) in [5.74, 6) is 0. The van der Waals surface area contributed by atoms with E-state index in [1.54, 1.807) is 19.9 Å². The van der Waals surface area contributed by atoms with Gasteiger partial charge in [0.15, 0.2) is 0 Å². The predicted molar refractivity (Wildman–Crippen MR) is 86.3 cm³/mol. The summed E-state index contributed by atoms with van der Waals surface area (Å²) in [6.07, 6.45) is 0.562. The Labute approximate surface area is 132 Å². The number of benzene rings is 1. The molecule has 1 aliphatic heterocycles. The number of aryl methyl sites for hydroxylation is 1. The van der Waals surface area contributed by atoms with Gasteiger partial charge in [-0.25, -0.2) is 4.21 Å². The third-order valence-corrected chi connectivity index (χ3v) is 6.88. The molecular weight excluding hydrogens is 323 g/mol. The van der Waals surface area contributed by atoms with E-state index < -0.39 is 24.1 Å². The van der Waals surface area contributed by atoms with Crippen LogP contribution in [0.5, 0.6) is 0 Å². The number of rotatable bonds is 7. The topological polar surface area (TPSA) is 69.7 Å². The maximum absolute atomic E-state index is 12.9. The van der Waals surface area contributed by atoms with Crippen molar-refractivity contribution in [1.29, 1.82) is 0 Å². The number of aldehydes is 1. The first-order valence-corrected chi connectivity index (χ1v) is 9.86. The van der Waals surface area contributed by atoms with Crippen molar-refractivity contribution in [2.24, 2.45) is 0 Å². The fraction of sp³-hybridized carbons (Fsp3) is 0.400. The molecule has 0 aromatic heterocycles. The van der Waals surface area contributed by atoms with Crippen molar-refractivity contribution in [3.63, 3.8) is 0 Å². The first-order chi connectivity index (χ1) is 10.5. The van der Waals surface area contributed by atoms with Gasteiger partial charge in [-0.1, -0.05) is 17.7 Å². The van der Waals surface area contributed by atoms with Gasteiger partial charge in [-0.2, -0.15) is 0 Å². The molecular formula is C15H19O5PS. The van der Waals surface area contributed by atoms with Crippen molar-refractivity contribution in [2.75, 3.05) is 13.2 Å². The van der Waals surface area contributed by atoms with E-state index in [9.17, 15) is 13.6 Å². The monoisotopic (exact) mass is 342 g/mol. The van der Waals surface area contributed by atoms with Gasteiger partial charge in [-0.15, -0.1) is 0 Å². The highest BCUT2D eigenvalue weighted by Gasteiger charge is 2.41. The zero-order valence-corrected chi connectivity index (χ0v) is 14.5. The summed E-state index contributed by atoms with van der Waals surface area (Å²) in [5.41, 5.74) is 1.03. The van der Waals surface area contributed by atoms with Crippen LogP contribution in [-0.4, -0.2) is 29.4 Å². The molecule has 2 rings (SSSR count). The molecule has 1 heterocycles.